The third-order valence-corrected chi connectivity index (χ3v) is 4.31. The van der Waals surface area contributed by atoms with Crippen molar-refractivity contribution in [3.8, 4) is 11.8 Å². The van der Waals surface area contributed by atoms with Crippen LogP contribution < -0.4 is 4.72 Å². The van der Waals surface area contributed by atoms with Crippen molar-refractivity contribution >= 4 is 10.0 Å². The van der Waals surface area contributed by atoms with Gasteiger partial charge in [0.1, 0.15) is 0 Å². The lowest BCUT2D eigenvalue weighted by Crippen LogP contribution is -2.30. The SMILES string of the molecule is CC(C)S(=O)(=O)NCc1ccc(C#CCCO)cc1. The smallest absolute Gasteiger partial charge is 0.214 e. The van der Waals surface area contributed by atoms with Crippen molar-refractivity contribution in [2.75, 3.05) is 6.61 Å². The standard InChI is InChI=1S/C14H19NO3S/c1-12(2)19(17,18)15-11-14-8-6-13(7-9-14)5-3-4-10-16/h6-9,12,15-16H,4,10-11H2,1-2H3. The molecule has 0 unspecified atom stereocenters. The molecule has 0 aliphatic rings. The summed E-state index contributed by atoms with van der Waals surface area (Å²) < 4.78 is 25.7. The lowest BCUT2D eigenvalue weighted by molar-refractivity contribution is 0.305. The van der Waals surface area contributed by atoms with Crippen molar-refractivity contribution in [2.24, 2.45) is 0 Å². The van der Waals surface area contributed by atoms with E-state index >= 15 is 0 Å². The topological polar surface area (TPSA) is 66.4 Å². The molecule has 0 aliphatic carbocycles. The molecule has 0 aliphatic heterocycles. The van der Waals surface area contributed by atoms with E-state index in [0.29, 0.717) is 6.42 Å². The lowest BCUT2D eigenvalue weighted by Gasteiger charge is -2.09. The monoisotopic (exact) mass is 281 g/mol. The van der Waals surface area contributed by atoms with Crippen LogP contribution in [0.3, 0.4) is 0 Å². The van der Waals surface area contributed by atoms with E-state index in [1.54, 1.807) is 13.8 Å². The Kier molecular flexibility index (Phi) is 6.03. The molecular formula is C14H19NO3S. The van der Waals surface area contributed by atoms with E-state index in [0.717, 1.165) is 11.1 Å². The normalized spacial score (nSPS) is 11.2. The highest BCUT2D eigenvalue weighted by Gasteiger charge is 2.14. The lowest BCUT2D eigenvalue weighted by atomic mass is 10.1. The van der Waals surface area contributed by atoms with Gasteiger partial charge < -0.3 is 5.11 Å². The summed E-state index contributed by atoms with van der Waals surface area (Å²) in [4.78, 5) is 0. The minimum atomic E-state index is -3.23. The van der Waals surface area contributed by atoms with Crippen LogP contribution in [-0.4, -0.2) is 25.4 Å². The van der Waals surface area contributed by atoms with Gasteiger partial charge in [-0.05, 0) is 31.5 Å². The Labute approximate surface area is 114 Å². The fourth-order valence-electron chi connectivity index (χ4n) is 1.28. The first-order valence-corrected chi connectivity index (χ1v) is 7.67. The Hall–Kier alpha value is -1.35. The van der Waals surface area contributed by atoms with E-state index in [-0.39, 0.29) is 13.2 Å². The maximum Gasteiger partial charge on any atom is 0.214 e. The summed E-state index contributed by atoms with van der Waals surface area (Å²) in [5.74, 6) is 5.75. The maximum atomic E-state index is 11.6. The number of sulfonamides is 1. The number of aliphatic hydroxyl groups excluding tert-OH is 1. The van der Waals surface area contributed by atoms with Crippen LogP contribution >= 0.6 is 0 Å². The molecule has 0 fully saturated rings. The highest BCUT2D eigenvalue weighted by atomic mass is 32.2. The molecule has 0 radical (unpaired) electrons. The minimum absolute atomic E-state index is 0.0576. The average Bonchev–Trinajstić information content (AvgIpc) is 2.38. The summed E-state index contributed by atoms with van der Waals surface area (Å²) in [5, 5.41) is 8.18. The first-order valence-electron chi connectivity index (χ1n) is 6.13. The summed E-state index contributed by atoms with van der Waals surface area (Å²) in [7, 11) is -3.23. The van der Waals surface area contributed by atoms with Crippen molar-refractivity contribution in [2.45, 2.75) is 32.1 Å². The zero-order valence-corrected chi connectivity index (χ0v) is 12.0. The molecule has 4 nitrogen and oxygen atoms in total. The van der Waals surface area contributed by atoms with Crippen molar-refractivity contribution in [1.82, 2.24) is 4.72 Å². The molecule has 1 aromatic carbocycles. The molecule has 0 saturated heterocycles. The molecule has 19 heavy (non-hydrogen) atoms. The summed E-state index contributed by atoms with van der Waals surface area (Å²) in [6.45, 7) is 3.62. The largest absolute Gasteiger partial charge is 0.395 e. The predicted octanol–water partition coefficient (Wildman–Crippen LogP) is 1.25. The van der Waals surface area contributed by atoms with Gasteiger partial charge in [0, 0.05) is 18.5 Å². The second-order valence-electron chi connectivity index (χ2n) is 4.39. The van der Waals surface area contributed by atoms with Crippen LogP contribution in [0.15, 0.2) is 24.3 Å². The Morgan fingerprint density at radius 2 is 1.89 bits per heavy atom. The highest BCUT2D eigenvalue weighted by molar-refractivity contribution is 7.90. The maximum absolute atomic E-state index is 11.6. The first-order chi connectivity index (χ1) is 8.95. The van der Waals surface area contributed by atoms with Gasteiger partial charge in [0.2, 0.25) is 10.0 Å². The second-order valence-corrected chi connectivity index (χ2v) is 6.71. The van der Waals surface area contributed by atoms with Gasteiger partial charge in [-0.3, -0.25) is 0 Å². The fraction of sp³-hybridized carbons (Fsp3) is 0.429. The molecule has 0 heterocycles. The van der Waals surface area contributed by atoms with Crippen LogP contribution in [0, 0.1) is 11.8 Å². The first kappa shape index (κ1) is 15.7. The molecular weight excluding hydrogens is 262 g/mol. The van der Waals surface area contributed by atoms with Crippen molar-refractivity contribution < 1.29 is 13.5 Å². The van der Waals surface area contributed by atoms with E-state index in [2.05, 4.69) is 16.6 Å². The number of nitrogens with one attached hydrogen (secondary N) is 1. The summed E-state index contributed by atoms with van der Waals surface area (Å²) >= 11 is 0. The summed E-state index contributed by atoms with van der Waals surface area (Å²) in [5.41, 5.74) is 1.74. The Balaban J connectivity index is 2.61. The number of hydrogen-bond acceptors (Lipinski definition) is 3. The van der Waals surface area contributed by atoms with Crippen molar-refractivity contribution in [1.29, 1.82) is 0 Å². The average molecular weight is 281 g/mol. The molecule has 1 aromatic rings. The molecule has 0 saturated carbocycles. The number of rotatable bonds is 5. The Morgan fingerprint density at radius 1 is 1.26 bits per heavy atom. The van der Waals surface area contributed by atoms with Crippen LogP contribution in [0.1, 0.15) is 31.4 Å². The van der Waals surface area contributed by atoms with Crippen LogP contribution in [0.2, 0.25) is 0 Å². The van der Waals surface area contributed by atoms with Gasteiger partial charge in [-0.1, -0.05) is 24.0 Å². The fourth-order valence-corrected chi connectivity index (χ4v) is 1.98. The van der Waals surface area contributed by atoms with Gasteiger partial charge >= 0.3 is 0 Å². The van der Waals surface area contributed by atoms with Gasteiger partial charge in [-0.25, -0.2) is 13.1 Å². The van der Waals surface area contributed by atoms with E-state index in [4.69, 9.17) is 5.11 Å². The van der Waals surface area contributed by atoms with Gasteiger partial charge in [0.05, 0.1) is 11.9 Å². The van der Waals surface area contributed by atoms with Crippen LogP contribution in [0.25, 0.3) is 0 Å². The van der Waals surface area contributed by atoms with Crippen molar-refractivity contribution in [3.63, 3.8) is 0 Å². The molecule has 5 heteroatoms. The number of aliphatic hydroxyl groups is 1. The van der Waals surface area contributed by atoms with Gasteiger partial charge in [-0.2, -0.15) is 0 Å². The van der Waals surface area contributed by atoms with Crippen LogP contribution in [-0.2, 0) is 16.6 Å². The molecule has 0 spiro atoms. The molecule has 0 bridgehead atoms. The van der Waals surface area contributed by atoms with Crippen LogP contribution in [0.5, 0.6) is 0 Å². The number of benzene rings is 1. The van der Waals surface area contributed by atoms with Gasteiger partial charge in [0.25, 0.3) is 0 Å². The number of hydrogen-bond donors (Lipinski definition) is 2. The van der Waals surface area contributed by atoms with Crippen LogP contribution in [0.4, 0.5) is 0 Å². The molecule has 0 amide bonds. The van der Waals surface area contributed by atoms with E-state index in [1.165, 1.54) is 0 Å². The summed E-state index contributed by atoms with van der Waals surface area (Å²) in [6, 6.07) is 7.35. The third-order valence-electron chi connectivity index (χ3n) is 2.52. The molecule has 1 rings (SSSR count). The van der Waals surface area contributed by atoms with Gasteiger partial charge in [-0.15, -0.1) is 0 Å². The Bertz CT molecular complexity index is 551. The van der Waals surface area contributed by atoms with Gasteiger partial charge in [0.15, 0.2) is 0 Å². The zero-order valence-electron chi connectivity index (χ0n) is 11.2. The highest BCUT2D eigenvalue weighted by Crippen LogP contribution is 2.05. The van der Waals surface area contributed by atoms with E-state index < -0.39 is 15.3 Å². The molecule has 0 aromatic heterocycles. The zero-order chi connectivity index (χ0) is 14.3. The quantitative estimate of drug-likeness (QED) is 0.798. The van der Waals surface area contributed by atoms with Crippen molar-refractivity contribution in [3.05, 3.63) is 35.4 Å². The molecule has 104 valence electrons. The molecule has 2 N–H and O–H groups in total. The predicted molar refractivity (Wildman–Crippen MR) is 75.9 cm³/mol. The molecule has 0 atom stereocenters. The van der Waals surface area contributed by atoms with E-state index in [9.17, 15) is 8.42 Å². The summed E-state index contributed by atoms with van der Waals surface area (Å²) in [6.07, 6.45) is 0.454. The Morgan fingerprint density at radius 3 is 2.42 bits per heavy atom. The minimum Gasteiger partial charge on any atom is -0.395 e. The third kappa shape index (κ3) is 5.43. The van der Waals surface area contributed by atoms with E-state index in [1.807, 2.05) is 24.3 Å². The second kappa shape index (κ2) is 7.29.